The van der Waals surface area contributed by atoms with Crippen molar-refractivity contribution in [1.82, 2.24) is 4.98 Å². The monoisotopic (exact) mass is 432 g/mol. The first-order chi connectivity index (χ1) is 13.7. The van der Waals surface area contributed by atoms with Crippen LogP contribution in [-0.2, 0) is 9.53 Å². The minimum Gasteiger partial charge on any atom is -0.482 e. The fourth-order valence-electron chi connectivity index (χ4n) is 2.77. The Bertz CT molecular complexity index is 1050. The zero-order valence-corrected chi connectivity index (χ0v) is 18.1. The Morgan fingerprint density at radius 2 is 1.97 bits per heavy atom. The molecule has 3 rings (SSSR count). The van der Waals surface area contributed by atoms with Crippen LogP contribution in [0.4, 0.5) is 5.13 Å². The van der Waals surface area contributed by atoms with E-state index in [-0.39, 0.29) is 24.6 Å². The van der Waals surface area contributed by atoms with Gasteiger partial charge in [-0.3, -0.25) is 10.1 Å². The lowest BCUT2D eigenvalue weighted by molar-refractivity contribution is -0.118. The molecule has 1 N–H and O–H groups in total. The van der Waals surface area contributed by atoms with Crippen LogP contribution in [0.15, 0.2) is 30.3 Å². The number of aryl methyl sites for hydroxylation is 2. The molecule has 0 spiro atoms. The highest BCUT2D eigenvalue weighted by atomic mass is 35.5. The molecule has 0 atom stereocenters. The molecule has 0 radical (unpaired) electrons. The van der Waals surface area contributed by atoms with Gasteiger partial charge in [0.25, 0.3) is 5.91 Å². The normalized spacial score (nSPS) is 11.0. The average molecular weight is 433 g/mol. The lowest BCUT2D eigenvalue weighted by Crippen LogP contribution is -2.20. The second kappa shape index (κ2) is 8.80. The lowest BCUT2D eigenvalue weighted by atomic mass is 10.1. The van der Waals surface area contributed by atoms with Gasteiger partial charge >= 0.3 is 5.97 Å². The van der Waals surface area contributed by atoms with E-state index in [1.807, 2.05) is 19.9 Å². The number of nitrogens with one attached hydrogen (secondary N) is 1. The number of hydrogen-bond donors (Lipinski definition) is 1. The summed E-state index contributed by atoms with van der Waals surface area (Å²) >= 11 is 7.47. The number of carbonyl (C=O) groups is 2. The van der Waals surface area contributed by atoms with Gasteiger partial charge in [-0.25, -0.2) is 9.78 Å². The first-order valence-electron chi connectivity index (χ1n) is 9.04. The van der Waals surface area contributed by atoms with E-state index in [1.54, 1.807) is 38.1 Å². The third kappa shape index (κ3) is 5.25. The van der Waals surface area contributed by atoms with Gasteiger partial charge in [-0.2, -0.15) is 0 Å². The Morgan fingerprint density at radius 3 is 2.66 bits per heavy atom. The van der Waals surface area contributed by atoms with Gasteiger partial charge in [0.05, 0.1) is 26.9 Å². The molecule has 0 bridgehead atoms. The summed E-state index contributed by atoms with van der Waals surface area (Å²) in [5.41, 5.74) is 3.02. The third-order valence-corrected chi connectivity index (χ3v) is 5.15. The standard InChI is InChI=1S/C21H21ClN2O4S/c1-11(2)28-20(26)14-5-6-16-17(9-14)29-21(23-16)24-18(25)10-27-19-13(4)7-12(3)8-15(19)22/h5-9,11H,10H2,1-4H3,(H,23,24,25). The van der Waals surface area contributed by atoms with Crippen LogP contribution in [0, 0.1) is 13.8 Å². The molecule has 1 aromatic heterocycles. The molecule has 0 unspecified atom stereocenters. The van der Waals surface area contributed by atoms with Crippen molar-refractivity contribution in [3.8, 4) is 5.75 Å². The van der Waals surface area contributed by atoms with E-state index < -0.39 is 0 Å². The van der Waals surface area contributed by atoms with Crippen molar-refractivity contribution in [2.45, 2.75) is 33.8 Å². The summed E-state index contributed by atoms with van der Waals surface area (Å²) < 4.78 is 11.6. The molecule has 2 aromatic carbocycles. The number of rotatable bonds is 6. The molecule has 29 heavy (non-hydrogen) atoms. The van der Waals surface area contributed by atoms with Gasteiger partial charge in [0, 0.05) is 0 Å². The number of esters is 1. The van der Waals surface area contributed by atoms with Crippen molar-refractivity contribution in [2.24, 2.45) is 0 Å². The Hall–Kier alpha value is -2.64. The summed E-state index contributed by atoms with van der Waals surface area (Å²) in [7, 11) is 0. The molecule has 0 aliphatic carbocycles. The number of benzene rings is 2. The number of aromatic nitrogens is 1. The Balaban J connectivity index is 1.67. The van der Waals surface area contributed by atoms with Crippen molar-refractivity contribution in [2.75, 3.05) is 11.9 Å². The molecular weight excluding hydrogens is 412 g/mol. The summed E-state index contributed by atoms with van der Waals surface area (Å²) in [6.07, 6.45) is -0.194. The summed E-state index contributed by atoms with van der Waals surface area (Å²) in [5, 5.41) is 3.61. The minimum atomic E-state index is -0.389. The van der Waals surface area contributed by atoms with Crippen LogP contribution in [-0.4, -0.2) is 29.6 Å². The topological polar surface area (TPSA) is 77.5 Å². The molecule has 6 nitrogen and oxygen atoms in total. The Labute approximate surface area is 177 Å². The fourth-order valence-corrected chi connectivity index (χ4v) is 4.06. The van der Waals surface area contributed by atoms with E-state index in [0.29, 0.717) is 27.0 Å². The number of thiazole rings is 1. The van der Waals surface area contributed by atoms with Crippen LogP contribution in [0.5, 0.6) is 5.75 Å². The van der Waals surface area contributed by atoms with Gasteiger partial charge in [-0.1, -0.05) is 29.0 Å². The SMILES string of the molecule is Cc1cc(C)c(OCC(=O)Nc2nc3ccc(C(=O)OC(C)C)cc3s2)c(Cl)c1. The number of nitrogens with zero attached hydrogens (tertiary/aromatic N) is 1. The molecule has 152 valence electrons. The van der Waals surface area contributed by atoms with Crippen molar-refractivity contribution in [3.63, 3.8) is 0 Å². The van der Waals surface area contributed by atoms with Crippen molar-refractivity contribution >= 4 is 50.2 Å². The molecule has 0 saturated heterocycles. The average Bonchev–Trinajstić information content (AvgIpc) is 3.01. The second-order valence-corrected chi connectivity index (χ2v) is 8.32. The first-order valence-corrected chi connectivity index (χ1v) is 10.2. The second-order valence-electron chi connectivity index (χ2n) is 6.89. The molecule has 0 aliphatic rings. The van der Waals surface area contributed by atoms with E-state index >= 15 is 0 Å². The zero-order valence-electron chi connectivity index (χ0n) is 16.5. The zero-order chi connectivity index (χ0) is 21.1. The van der Waals surface area contributed by atoms with Crippen LogP contribution in [0.1, 0.15) is 35.3 Å². The fraction of sp³-hybridized carbons (Fsp3) is 0.286. The smallest absolute Gasteiger partial charge is 0.338 e. The van der Waals surface area contributed by atoms with Gasteiger partial charge in [0.15, 0.2) is 11.7 Å². The highest BCUT2D eigenvalue weighted by Gasteiger charge is 2.14. The maximum atomic E-state index is 12.3. The third-order valence-electron chi connectivity index (χ3n) is 3.93. The minimum absolute atomic E-state index is 0.189. The Morgan fingerprint density at radius 1 is 1.21 bits per heavy atom. The van der Waals surface area contributed by atoms with E-state index in [0.717, 1.165) is 15.8 Å². The number of amides is 1. The van der Waals surface area contributed by atoms with Gasteiger partial charge < -0.3 is 9.47 Å². The number of anilines is 1. The van der Waals surface area contributed by atoms with Crippen LogP contribution in [0.3, 0.4) is 0 Å². The van der Waals surface area contributed by atoms with Crippen molar-refractivity contribution in [1.29, 1.82) is 0 Å². The van der Waals surface area contributed by atoms with Crippen LogP contribution in [0.25, 0.3) is 10.2 Å². The van der Waals surface area contributed by atoms with Crippen LogP contribution < -0.4 is 10.1 Å². The molecule has 1 heterocycles. The van der Waals surface area contributed by atoms with E-state index in [1.165, 1.54) is 11.3 Å². The molecule has 0 aliphatic heterocycles. The van der Waals surface area contributed by atoms with Crippen molar-refractivity contribution < 1.29 is 19.1 Å². The summed E-state index contributed by atoms with van der Waals surface area (Å²) in [5.74, 6) is -0.246. The molecule has 3 aromatic rings. The molecular formula is C21H21ClN2O4S. The first kappa shape index (κ1) is 21.1. The number of fused-ring (bicyclic) bond motifs is 1. The van der Waals surface area contributed by atoms with Crippen LogP contribution in [0.2, 0.25) is 5.02 Å². The maximum absolute atomic E-state index is 12.3. The Kier molecular flexibility index (Phi) is 6.39. The predicted molar refractivity (Wildman–Crippen MR) is 115 cm³/mol. The van der Waals surface area contributed by atoms with E-state index in [2.05, 4.69) is 10.3 Å². The number of carbonyl (C=O) groups excluding carboxylic acids is 2. The molecule has 0 saturated carbocycles. The van der Waals surface area contributed by atoms with Gasteiger partial charge in [0.1, 0.15) is 5.75 Å². The lowest BCUT2D eigenvalue weighted by Gasteiger charge is -2.11. The van der Waals surface area contributed by atoms with E-state index in [9.17, 15) is 9.59 Å². The molecule has 0 fully saturated rings. The summed E-state index contributed by atoms with van der Waals surface area (Å²) in [6, 6.07) is 8.82. The quantitative estimate of drug-likeness (QED) is 0.545. The van der Waals surface area contributed by atoms with Gasteiger partial charge in [-0.15, -0.1) is 0 Å². The van der Waals surface area contributed by atoms with Gasteiger partial charge in [0.2, 0.25) is 0 Å². The summed E-state index contributed by atoms with van der Waals surface area (Å²) in [4.78, 5) is 28.7. The highest BCUT2D eigenvalue weighted by Crippen LogP contribution is 2.30. The number of hydrogen-bond acceptors (Lipinski definition) is 6. The number of ether oxygens (including phenoxy) is 2. The number of halogens is 1. The van der Waals surface area contributed by atoms with E-state index in [4.69, 9.17) is 21.1 Å². The van der Waals surface area contributed by atoms with Gasteiger partial charge in [-0.05, 0) is 63.1 Å². The highest BCUT2D eigenvalue weighted by molar-refractivity contribution is 7.22. The summed E-state index contributed by atoms with van der Waals surface area (Å²) in [6.45, 7) is 7.22. The van der Waals surface area contributed by atoms with Crippen molar-refractivity contribution in [3.05, 3.63) is 52.0 Å². The maximum Gasteiger partial charge on any atom is 0.338 e. The largest absolute Gasteiger partial charge is 0.482 e. The molecule has 1 amide bonds. The predicted octanol–water partition coefficient (Wildman–Crippen LogP) is 5.15. The van der Waals surface area contributed by atoms with Crippen LogP contribution >= 0.6 is 22.9 Å². The molecule has 8 heteroatoms.